The van der Waals surface area contributed by atoms with Crippen LogP contribution in [0.5, 0.6) is 0 Å². The molecule has 1 N–H and O–H groups in total. The van der Waals surface area contributed by atoms with Crippen LogP contribution in [-0.4, -0.2) is 32.4 Å². The first kappa shape index (κ1) is 19.2. The summed E-state index contributed by atoms with van der Waals surface area (Å²) >= 11 is 1.10. The van der Waals surface area contributed by atoms with E-state index < -0.39 is 6.04 Å². The summed E-state index contributed by atoms with van der Waals surface area (Å²) in [5.74, 6) is -0.627. The molecule has 8 heteroatoms. The summed E-state index contributed by atoms with van der Waals surface area (Å²) in [6.07, 6.45) is 5.74. The number of rotatable bonds is 6. The largest absolute Gasteiger partial charge is 0.351 e. The predicted molar refractivity (Wildman–Crippen MR) is 111 cm³/mol. The van der Waals surface area contributed by atoms with Crippen LogP contribution in [0.2, 0.25) is 0 Å². The van der Waals surface area contributed by atoms with Crippen molar-refractivity contribution in [1.29, 1.82) is 0 Å². The van der Waals surface area contributed by atoms with Crippen LogP contribution in [0.1, 0.15) is 47.9 Å². The Hall–Kier alpha value is -3.13. The summed E-state index contributed by atoms with van der Waals surface area (Å²) in [5.41, 5.74) is 1.31. The molecule has 0 spiro atoms. The highest BCUT2D eigenvalue weighted by Gasteiger charge is 2.36. The molecule has 0 saturated heterocycles. The number of nitrogens with zero attached hydrogens (tertiary/aromatic N) is 4. The average Bonchev–Trinajstić information content (AvgIpc) is 3.47. The van der Waals surface area contributed by atoms with Crippen molar-refractivity contribution >= 4 is 29.0 Å². The van der Waals surface area contributed by atoms with Gasteiger partial charge in [-0.1, -0.05) is 41.6 Å². The minimum atomic E-state index is -0.909. The molecule has 0 radical (unpaired) electrons. The molecule has 1 saturated carbocycles. The van der Waals surface area contributed by atoms with E-state index in [1.165, 1.54) is 4.90 Å². The van der Waals surface area contributed by atoms with Crippen molar-refractivity contribution in [2.45, 2.75) is 37.8 Å². The van der Waals surface area contributed by atoms with Crippen LogP contribution in [0.3, 0.4) is 0 Å². The van der Waals surface area contributed by atoms with Gasteiger partial charge in [0.2, 0.25) is 5.91 Å². The van der Waals surface area contributed by atoms with E-state index in [-0.39, 0.29) is 23.6 Å². The van der Waals surface area contributed by atoms with Gasteiger partial charge in [-0.05, 0) is 48.6 Å². The molecule has 0 unspecified atom stereocenters. The van der Waals surface area contributed by atoms with Gasteiger partial charge in [0.1, 0.15) is 0 Å². The molecular formula is C21H21N5O2S. The lowest BCUT2D eigenvalue weighted by atomic mass is 10.1. The first-order valence-corrected chi connectivity index (χ1v) is 10.4. The van der Waals surface area contributed by atoms with Crippen molar-refractivity contribution in [1.82, 2.24) is 19.9 Å². The second-order valence-corrected chi connectivity index (χ2v) is 7.56. The molecule has 1 aromatic carbocycles. The van der Waals surface area contributed by atoms with Gasteiger partial charge in [-0.15, -0.1) is 5.10 Å². The van der Waals surface area contributed by atoms with E-state index in [1.54, 1.807) is 35.8 Å². The van der Waals surface area contributed by atoms with Crippen LogP contribution in [0.15, 0.2) is 60.1 Å². The average molecular weight is 407 g/mol. The van der Waals surface area contributed by atoms with Crippen molar-refractivity contribution < 1.29 is 9.59 Å². The number of anilines is 1. The molecule has 2 amide bonds. The molecule has 2 aromatic heterocycles. The molecule has 7 nitrogen and oxygen atoms in total. The van der Waals surface area contributed by atoms with Crippen LogP contribution < -0.4 is 10.2 Å². The van der Waals surface area contributed by atoms with Gasteiger partial charge in [-0.3, -0.25) is 19.5 Å². The third kappa shape index (κ3) is 4.32. The molecule has 2 heterocycles. The Balaban J connectivity index is 1.77. The Bertz CT molecular complexity index is 944. The van der Waals surface area contributed by atoms with E-state index in [0.29, 0.717) is 11.4 Å². The SMILES string of the molecule is O=C(NC1CCCC1)[C@@H](c1ccccn1)N(C(=O)c1csnn1)c1ccccc1. The maximum absolute atomic E-state index is 13.4. The zero-order valence-electron chi connectivity index (χ0n) is 15.8. The molecule has 3 aromatic rings. The van der Waals surface area contributed by atoms with Crippen LogP contribution in [0, 0.1) is 0 Å². The molecular weight excluding hydrogens is 386 g/mol. The first-order valence-electron chi connectivity index (χ1n) is 9.61. The number of para-hydroxylation sites is 1. The summed E-state index contributed by atoms with van der Waals surface area (Å²) in [5, 5.41) is 8.63. The van der Waals surface area contributed by atoms with Gasteiger partial charge >= 0.3 is 0 Å². The molecule has 4 rings (SSSR count). The van der Waals surface area contributed by atoms with Crippen molar-refractivity contribution in [2.75, 3.05) is 4.90 Å². The van der Waals surface area contributed by atoms with Gasteiger partial charge in [-0.2, -0.15) is 0 Å². The number of carbonyl (C=O) groups is 2. The summed E-state index contributed by atoms with van der Waals surface area (Å²) in [6, 6.07) is 13.7. The second-order valence-electron chi connectivity index (χ2n) is 6.95. The quantitative estimate of drug-likeness (QED) is 0.677. The zero-order valence-corrected chi connectivity index (χ0v) is 16.6. The maximum atomic E-state index is 13.4. The fourth-order valence-electron chi connectivity index (χ4n) is 3.63. The van der Waals surface area contributed by atoms with E-state index in [4.69, 9.17) is 0 Å². The van der Waals surface area contributed by atoms with E-state index in [2.05, 4.69) is 19.9 Å². The minimum Gasteiger partial charge on any atom is -0.351 e. The monoisotopic (exact) mass is 407 g/mol. The Morgan fingerprint density at radius 3 is 2.48 bits per heavy atom. The van der Waals surface area contributed by atoms with Crippen molar-refractivity contribution in [3.05, 3.63) is 71.5 Å². The van der Waals surface area contributed by atoms with E-state index >= 15 is 0 Å². The first-order chi connectivity index (χ1) is 14.2. The molecule has 0 bridgehead atoms. The molecule has 1 aliphatic carbocycles. The highest BCUT2D eigenvalue weighted by molar-refractivity contribution is 7.03. The van der Waals surface area contributed by atoms with Gasteiger partial charge in [0.05, 0.1) is 5.69 Å². The number of pyridine rings is 1. The molecule has 148 valence electrons. The smallest absolute Gasteiger partial charge is 0.280 e. The van der Waals surface area contributed by atoms with Crippen LogP contribution in [0.25, 0.3) is 0 Å². The summed E-state index contributed by atoms with van der Waals surface area (Å²) < 4.78 is 3.81. The van der Waals surface area contributed by atoms with Crippen molar-refractivity contribution in [3.8, 4) is 0 Å². The summed E-state index contributed by atoms with van der Waals surface area (Å²) in [7, 11) is 0. The predicted octanol–water partition coefficient (Wildman–Crippen LogP) is 3.38. The highest BCUT2D eigenvalue weighted by atomic mass is 32.1. The van der Waals surface area contributed by atoms with Gasteiger partial charge < -0.3 is 5.32 Å². The Labute approximate surface area is 173 Å². The van der Waals surface area contributed by atoms with Gasteiger partial charge in [0.25, 0.3) is 5.91 Å². The van der Waals surface area contributed by atoms with Crippen LogP contribution >= 0.6 is 11.5 Å². The molecule has 29 heavy (non-hydrogen) atoms. The molecule has 1 fully saturated rings. The lowest BCUT2D eigenvalue weighted by molar-refractivity contribution is -0.123. The Morgan fingerprint density at radius 1 is 1.07 bits per heavy atom. The minimum absolute atomic E-state index is 0.127. The van der Waals surface area contributed by atoms with E-state index in [1.807, 2.05) is 24.3 Å². The van der Waals surface area contributed by atoms with Gasteiger partial charge in [0.15, 0.2) is 11.7 Å². The lowest BCUT2D eigenvalue weighted by Gasteiger charge is -2.31. The summed E-state index contributed by atoms with van der Waals surface area (Å²) in [4.78, 5) is 32.7. The fourth-order valence-corrected chi connectivity index (χ4v) is 4.06. The molecule has 1 aliphatic rings. The van der Waals surface area contributed by atoms with Crippen molar-refractivity contribution in [3.63, 3.8) is 0 Å². The third-order valence-corrected chi connectivity index (χ3v) is 5.51. The Kier molecular flexibility index (Phi) is 5.90. The number of carbonyl (C=O) groups excluding carboxylic acids is 2. The highest BCUT2D eigenvalue weighted by Crippen LogP contribution is 2.29. The number of benzene rings is 1. The topological polar surface area (TPSA) is 88.1 Å². The number of nitrogens with one attached hydrogen (secondary N) is 1. The maximum Gasteiger partial charge on any atom is 0.280 e. The number of aromatic nitrogens is 3. The molecule has 1 atom stereocenters. The van der Waals surface area contributed by atoms with Crippen LogP contribution in [-0.2, 0) is 4.79 Å². The van der Waals surface area contributed by atoms with Gasteiger partial charge in [0, 0.05) is 23.3 Å². The Morgan fingerprint density at radius 2 is 1.83 bits per heavy atom. The zero-order chi connectivity index (χ0) is 20.1. The second kappa shape index (κ2) is 8.91. The normalized spacial score (nSPS) is 15.0. The lowest BCUT2D eigenvalue weighted by Crippen LogP contribution is -2.46. The van der Waals surface area contributed by atoms with E-state index in [9.17, 15) is 9.59 Å². The molecule has 0 aliphatic heterocycles. The number of hydrogen-bond donors (Lipinski definition) is 1. The number of amides is 2. The van der Waals surface area contributed by atoms with E-state index in [0.717, 1.165) is 37.2 Å². The third-order valence-electron chi connectivity index (χ3n) is 5.01. The standard InChI is InChI=1S/C21H21N5O2S/c27-20(23-15-8-4-5-9-15)19(17-12-6-7-13-22-17)26(16-10-2-1-3-11-16)21(28)18-14-29-25-24-18/h1-3,6-7,10-15,19H,4-5,8-9H2,(H,23,27)/t19-/m1/s1. The van der Waals surface area contributed by atoms with Crippen LogP contribution in [0.4, 0.5) is 5.69 Å². The van der Waals surface area contributed by atoms with Gasteiger partial charge in [-0.25, -0.2) is 0 Å². The fraction of sp³-hybridized carbons (Fsp3) is 0.286. The number of hydrogen-bond acceptors (Lipinski definition) is 6. The summed E-state index contributed by atoms with van der Waals surface area (Å²) in [6.45, 7) is 0. The van der Waals surface area contributed by atoms with Crippen molar-refractivity contribution in [2.24, 2.45) is 0 Å².